The number of fused-ring (bicyclic) bond motifs is 1. The van der Waals surface area contributed by atoms with Crippen LogP contribution in [0.15, 0.2) is 29.6 Å². The molecule has 1 fully saturated rings. The molecule has 0 aliphatic carbocycles. The molecule has 0 N–H and O–H groups in total. The van der Waals surface area contributed by atoms with E-state index in [1.807, 2.05) is 0 Å². The van der Waals surface area contributed by atoms with Crippen LogP contribution in [0.4, 0.5) is 13.2 Å². The summed E-state index contributed by atoms with van der Waals surface area (Å²) < 4.78 is 46.7. The number of thiophene rings is 1. The van der Waals surface area contributed by atoms with E-state index in [0.717, 1.165) is 10.6 Å². The van der Waals surface area contributed by atoms with E-state index >= 15 is 0 Å². The molecule has 29 heavy (non-hydrogen) atoms. The largest absolute Gasteiger partial charge is 0.433 e. The molecular formula is C19H19F3N4O2S. The van der Waals surface area contributed by atoms with E-state index in [9.17, 15) is 18.0 Å². The first-order valence-corrected chi connectivity index (χ1v) is 10.0. The van der Waals surface area contributed by atoms with E-state index in [1.54, 1.807) is 28.5 Å². The third kappa shape index (κ3) is 3.99. The average Bonchev–Trinajstić information content (AvgIpc) is 3.36. The maximum atomic E-state index is 13.7. The summed E-state index contributed by atoms with van der Waals surface area (Å²) in [7, 11) is 1.47. The standard InChI is InChI=1S/C19H19F3N4O2S/c1-28-11-18(27)25-6-4-12(5-7-25)13-10-17-23-14(15-3-2-8-29-15)9-16(19(20,21)22)26(17)24-13/h2-3,8-10,12H,4-7,11H2,1H3. The maximum absolute atomic E-state index is 13.7. The fraction of sp³-hybridized carbons (Fsp3) is 0.421. The molecule has 3 aromatic heterocycles. The van der Waals surface area contributed by atoms with Gasteiger partial charge in [0.05, 0.1) is 16.3 Å². The number of aromatic nitrogens is 3. The van der Waals surface area contributed by atoms with Gasteiger partial charge in [-0.3, -0.25) is 4.79 Å². The zero-order valence-corrected chi connectivity index (χ0v) is 16.5. The lowest BCUT2D eigenvalue weighted by Gasteiger charge is -2.31. The minimum atomic E-state index is -4.55. The number of likely N-dealkylation sites (tertiary alicyclic amines) is 1. The first-order valence-electron chi connectivity index (χ1n) is 9.15. The third-order valence-electron chi connectivity index (χ3n) is 5.04. The van der Waals surface area contributed by atoms with E-state index in [0.29, 0.717) is 36.5 Å². The van der Waals surface area contributed by atoms with Gasteiger partial charge in [-0.2, -0.15) is 18.3 Å². The van der Waals surface area contributed by atoms with Gasteiger partial charge in [0.1, 0.15) is 6.61 Å². The number of nitrogens with zero attached hydrogens (tertiary/aromatic N) is 4. The van der Waals surface area contributed by atoms with Crippen LogP contribution in [0, 0.1) is 0 Å². The topological polar surface area (TPSA) is 59.7 Å². The number of amides is 1. The summed E-state index contributed by atoms with van der Waals surface area (Å²) >= 11 is 1.34. The van der Waals surface area contributed by atoms with Crippen molar-refractivity contribution >= 4 is 22.9 Å². The lowest BCUT2D eigenvalue weighted by Crippen LogP contribution is -2.39. The van der Waals surface area contributed by atoms with Crippen molar-refractivity contribution in [3.8, 4) is 10.6 Å². The molecule has 10 heteroatoms. The number of alkyl halides is 3. The Hall–Kier alpha value is -2.46. The summed E-state index contributed by atoms with van der Waals surface area (Å²) in [5.41, 5.74) is 0.192. The second kappa shape index (κ2) is 7.75. The van der Waals surface area contributed by atoms with Gasteiger partial charge in [0.2, 0.25) is 5.91 Å². The fourth-order valence-electron chi connectivity index (χ4n) is 3.58. The summed E-state index contributed by atoms with van der Waals surface area (Å²) in [5, 5.41) is 6.04. The predicted molar refractivity (Wildman–Crippen MR) is 102 cm³/mol. The summed E-state index contributed by atoms with van der Waals surface area (Å²) in [6, 6.07) is 6.19. The van der Waals surface area contributed by atoms with Gasteiger partial charge >= 0.3 is 6.18 Å². The van der Waals surface area contributed by atoms with E-state index in [4.69, 9.17) is 4.74 Å². The minimum absolute atomic E-state index is 0.0189. The molecule has 0 unspecified atom stereocenters. The van der Waals surface area contributed by atoms with Crippen LogP contribution in [0.5, 0.6) is 0 Å². The minimum Gasteiger partial charge on any atom is -0.375 e. The van der Waals surface area contributed by atoms with Crippen LogP contribution < -0.4 is 0 Å². The van der Waals surface area contributed by atoms with Crippen molar-refractivity contribution in [2.24, 2.45) is 0 Å². The van der Waals surface area contributed by atoms with Gasteiger partial charge in [-0.1, -0.05) is 6.07 Å². The van der Waals surface area contributed by atoms with Crippen LogP contribution in [0.1, 0.15) is 30.1 Å². The Balaban J connectivity index is 1.65. The normalized spacial score (nSPS) is 15.9. The second-order valence-electron chi connectivity index (χ2n) is 6.93. The Morgan fingerprint density at radius 3 is 2.69 bits per heavy atom. The monoisotopic (exact) mass is 424 g/mol. The van der Waals surface area contributed by atoms with Crippen molar-refractivity contribution in [3.05, 3.63) is 41.0 Å². The zero-order valence-electron chi connectivity index (χ0n) is 15.6. The van der Waals surface area contributed by atoms with Crippen LogP contribution in [0.2, 0.25) is 0 Å². The number of piperidine rings is 1. The Morgan fingerprint density at radius 2 is 2.07 bits per heavy atom. The second-order valence-corrected chi connectivity index (χ2v) is 7.88. The molecule has 0 bridgehead atoms. The molecular weight excluding hydrogens is 405 g/mol. The molecule has 0 spiro atoms. The Labute approximate surface area is 168 Å². The zero-order chi connectivity index (χ0) is 20.6. The highest BCUT2D eigenvalue weighted by Crippen LogP contribution is 2.35. The summed E-state index contributed by atoms with van der Waals surface area (Å²) in [6.07, 6.45) is -3.27. The molecule has 4 heterocycles. The van der Waals surface area contributed by atoms with Gasteiger partial charge < -0.3 is 9.64 Å². The maximum Gasteiger partial charge on any atom is 0.433 e. The van der Waals surface area contributed by atoms with Crippen LogP contribution in [-0.4, -0.2) is 52.2 Å². The molecule has 6 nitrogen and oxygen atoms in total. The number of carbonyl (C=O) groups excluding carboxylic acids is 1. The van der Waals surface area contributed by atoms with Gasteiger partial charge in [-0.05, 0) is 30.4 Å². The van der Waals surface area contributed by atoms with E-state index in [-0.39, 0.29) is 29.8 Å². The van der Waals surface area contributed by atoms with Crippen LogP contribution in [0.25, 0.3) is 16.2 Å². The third-order valence-corrected chi connectivity index (χ3v) is 5.94. The van der Waals surface area contributed by atoms with Crippen molar-refractivity contribution in [1.29, 1.82) is 0 Å². The first kappa shape index (κ1) is 19.8. The summed E-state index contributed by atoms with van der Waals surface area (Å²) in [6.45, 7) is 1.09. The lowest BCUT2D eigenvalue weighted by atomic mass is 9.93. The van der Waals surface area contributed by atoms with Crippen LogP contribution >= 0.6 is 11.3 Å². The van der Waals surface area contributed by atoms with Crippen molar-refractivity contribution in [3.63, 3.8) is 0 Å². The SMILES string of the molecule is COCC(=O)N1CCC(c2cc3nc(-c4cccs4)cc(C(F)(F)F)n3n2)CC1. The van der Waals surface area contributed by atoms with Crippen molar-refractivity contribution in [2.75, 3.05) is 26.8 Å². The van der Waals surface area contributed by atoms with Crippen LogP contribution in [0.3, 0.4) is 0 Å². The average molecular weight is 424 g/mol. The highest BCUT2D eigenvalue weighted by atomic mass is 32.1. The summed E-state index contributed by atoms with van der Waals surface area (Å²) in [5.74, 6) is -0.0999. The number of hydrogen-bond acceptors (Lipinski definition) is 5. The quantitative estimate of drug-likeness (QED) is 0.639. The smallest absolute Gasteiger partial charge is 0.375 e. The Kier molecular flexibility index (Phi) is 5.30. The van der Waals surface area contributed by atoms with E-state index < -0.39 is 11.9 Å². The molecule has 0 aromatic carbocycles. The predicted octanol–water partition coefficient (Wildman–Crippen LogP) is 3.83. The van der Waals surface area contributed by atoms with Crippen molar-refractivity contribution < 1.29 is 22.7 Å². The molecule has 3 aromatic rings. The molecule has 0 radical (unpaired) electrons. The summed E-state index contributed by atoms with van der Waals surface area (Å²) in [4.78, 5) is 18.7. The molecule has 0 atom stereocenters. The fourth-order valence-corrected chi connectivity index (χ4v) is 4.27. The lowest BCUT2D eigenvalue weighted by molar-refractivity contribution is -0.142. The van der Waals surface area contributed by atoms with Gasteiger partial charge in [-0.15, -0.1) is 11.3 Å². The van der Waals surface area contributed by atoms with E-state index in [2.05, 4.69) is 10.1 Å². The molecule has 1 aliphatic rings. The highest BCUT2D eigenvalue weighted by Gasteiger charge is 2.36. The van der Waals surface area contributed by atoms with Crippen molar-refractivity contribution in [1.82, 2.24) is 19.5 Å². The molecule has 4 rings (SSSR count). The molecule has 1 aliphatic heterocycles. The van der Waals surface area contributed by atoms with Crippen LogP contribution in [-0.2, 0) is 15.7 Å². The number of ether oxygens (including phenoxy) is 1. The van der Waals surface area contributed by atoms with Gasteiger partial charge in [0.15, 0.2) is 11.3 Å². The number of methoxy groups -OCH3 is 1. The Bertz CT molecular complexity index is 1010. The van der Waals surface area contributed by atoms with E-state index in [1.165, 1.54) is 18.4 Å². The molecule has 1 amide bonds. The highest BCUT2D eigenvalue weighted by molar-refractivity contribution is 7.13. The molecule has 0 saturated carbocycles. The number of rotatable bonds is 4. The van der Waals surface area contributed by atoms with Gasteiger partial charge in [0.25, 0.3) is 0 Å². The van der Waals surface area contributed by atoms with Gasteiger partial charge in [-0.25, -0.2) is 9.50 Å². The molecule has 1 saturated heterocycles. The first-order chi connectivity index (χ1) is 13.9. The van der Waals surface area contributed by atoms with Crippen molar-refractivity contribution in [2.45, 2.75) is 24.9 Å². The molecule has 154 valence electrons. The number of carbonyl (C=O) groups is 1. The Morgan fingerprint density at radius 1 is 1.31 bits per heavy atom. The number of halogens is 3. The number of hydrogen-bond donors (Lipinski definition) is 0. The van der Waals surface area contributed by atoms with Gasteiger partial charge in [0, 0.05) is 32.2 Å².